The van der Waals surface area contributed by atoms with Crippen LogP contribution in [-0.2, 0) is 0 Å². The first-order valence-corrected chi connectivity index (χ1v) is 14.0. The number of pyridine rings is 2. The Morgan fingerprint density at radius 3 is 1.13 bits per heavy atom. The highest BCUT2D eigenvalue weighted by Crippen LogP contribution is 2.40. The molecule has 4 nitrogen and oxygen atoms in total. The average Bonchev–Trinajstić information content (AvgIpc) is 3.71. The molecular formula is C32H18N4S2. The Balaban J connectivity index is 1.27. The van der Waals surface area contributed by atoms with Crippen molar-refractivity contribution in [2.24, 2.45) is 0 Å². The van der Waals surface area contributed by atoms with Gasteiger partial charge in [0.1, 0.15) is 0 Å². The summed E-state index contributed by atoms with van der Waals surface area (Å²) >= 11 is 3.26. The van der Waals surface area contributed by atoms with Crippen molar-refractivity contribution in [1.29, 1.82) is 0 Å². The van der Waals surface area contributed by atoms with Crippen molar-refractivity contribution >= 4 is 55.0 Å². The number of hydrogen-bond acceptors (Lipinski definition) is 6. The first-order chi connectivity index (χ1) is 18.8. The second-order valence-corrected chi connectivity index (χ2v) is 11.2. The molecule has 0 amide bonds. The number of aromatic nitrogens is 4. The lowest BCUT2D eigenvalue weighted by molar-refractivity contribution is 1.33. The van der Waals surface area contributed by atoms with Gasteiger partial charge in [-0.3, -0.25) is 19.9 Å². The summed E-state index contributed by atoms with van der Waals surface area (Å²) < 4.78 is 0. The van der Waals surface area contributed by atoms with Crippen LogP contribution in [0.2, 0.25) is 0 Å². The second-order valence-electron chi connectivity index (χ2n) is 9.38. The van der Waals surface area contributed by atoms with Gasteiger partial charge in [0, 0.05) is 59.4 Å². The molecule has 178 valence electrons. The highest BCUT2D eigenvalue weighted by Gasteiger charge is 2.13. The maximum absolute atomic E-state index is 4.53. The molecule has 0 saturated carbocycles. The molecular weight excluding hydrogens is 505 g/mol. The fraction of sp³-hybridized carbons (Fsp3) is 0. The van der Waals surface area contributed by atoms with E-state index in [2.05, 4.69) is 80.6 Å². The topological polar surface area (TPSA) is 51.6 Å². The molecule has 0 fully saturated rings. The summed E-state index contributed by atoms with van der Waals surface area (Å²) in [5.74, 6) is 0. The van der Waals surface area contributed by atoms with Gasteiger partial charge in [0.05, 0.1) is 20.8 Å². The number of rotatable bonds is 4. The molecule has 0 spiro atoms. The lowest BCUT2D eigenvalue weighted by Crippen LogP contribution is -1.89. The van der Waals surface area contributed by atoms with Crippen molar-refractivity contribution in [1.82, 2.24) is 19.9 Å². The molecule has 6 heteroatoms. The predicted octanol–water partition coefficient (Wildman–Crippen LogP) is 8.95. The van der Waals surface area contributed by atoms with Crippen molar-refractivity contribution in [3.8, 4) is 43.1 Å². The van der Waals surface area contributed by atoms with E-state index in [4.69, 9.17) is 0 Å². The van der Waals surface area contributed by atoms with Crippen LogP contribution in [0.25, 0.3) is 75.5 Å². The molecule has 4 aromatic heterocycles. The van der Waals surface area contributed by atoms with E-state index >= 15 is 0 Å². The molecule has 0 radical (unpaired) electrons. The fourth-order valence-electron chi connectivity index (χ4n) is 5.35. The zero-order chi connectivity index (χ0) is 25.1. The Morgan fingerprint density at radius 2 is 0.763 bits per heavy atom. The normalized spacial score (nSPS) is 11.7. The summed E-state index contributed by atoms with van der Waals surface area (Å²) in [5, 5.41) is 7.55. The van der Waals surface area contributed by atoms with Crippen molar-refractivity contribution in [3.05, 3.63) is 109 Å². The maximum atomic E-state index is 4.53. The third-order valence-corrected chi connectivity index (χ3v) is 8.75. The van der Waals surface area contributed by atoms with Gasteiger partial charge >= 0.3 is 0 Å². The molecule has 0 aliphatic rings. The number of thiazole rings is 2. The van der Waals surface area contributed by atoms with E-state index in [0.29, 0.717) is 0 Å². The highest BCUT2D eigenvalue weighted by atomic mass is 32.1. The average molecular weight is 523 g/mol. The molecule has 0 bridgehead atoms. The smallest absolute Gasteiger partial charge is 0.0797 e. The van der Waals surface area contributed by atoms with Gasteiger partial charge < -0.3 is 0 Å². The SMILES string of the molecule is c1ncc(-c2cncc(-c3cc4ccc5cc(-c6cncc(-c7cncs7)c6)cc6ccc(c3)c4c56)c2)s1. The molecule has 0 unspecified atom stereocenters. The Labute approximate surface area is 226 Å². The first-order valence-electron chi connectivity index (χ1n) is 12.2. The van der Waals surface area contributed by atoms with Crippen molar-refractivity contribution < 1.29 is 0 Å². The molecule has 8 aromatic rings. The molecule has 0 aliphatic carbocycles. The van der Waals surface area contributed by atoms with E-state index in [1.807, 2.05) is 48.2 Å². The summed E-state index contributed by atoms with van der Waals surface area (Å²) in [6.07, 6.45) is 11.5. The van der Waals surface area contributed by atoms with Gasteiger partial charge in [-0.2, -0.15) is 0 Å². The van der Waals surface area contributed by atoms with E-state index in [9.17, 15) is 0 Å². The van der Waals surface area contributed by atoms with Gasteiger partial charge in [-0.15, -0.1) is 22.7 Å². The van der Waals surface area contributed by atoms with Gasteiger partial charge in [-0.1, -0.05) is 24.3 Å². The van der Waals surface area contributed by atoms with Crippen LogP contribution in [0.1, 0.15) is 0 Å². The van der Waals surface area contributed by atoms with Crippen LogP contribution in [0.4, 0.5) is 0 Å². The van der Waals surface area contributed by atoms with Crippen molar-refractivity contribution in [2.75, 3.05) is 0 Å². The summed E-state index contributed by atoms with van der Waals surface area (Å²) in [7, 11) is 0. The second kappa shape index (κ2) is 8.52. The van der Waals surface area contributed by atoms with Crippen LogP contribution in [-0.4, -0.2) is 19.9 Å². The number of hydrogen-bond donors (Lipinski definition) is 0. The predicted molar refractivity (Wildman–Crippen MR) is 159 cm³/mol. The van der Waals surface area contributed by atoms with E-state index in [1.54, 1.807) is 22.7 Å². The molecule has 0 N–H and O–H groups in total. The lowest BCUT2D eigenvalue weighted by atomic mass is 9.89. The van der Waals surface area contributed by atoms with Gasteiger partial charge in [0.25, 0.3) is 0 Å². The van der Waals surface area contributed by atoms with Gasteiger partial charge in [-0.25, -0.2) is 0 Å². The van der Waals surface area contributed by atoms with Crippen LogP contribution < -0.4 is 0 Å². The fourth-order valence-corrected chi connectivity index (χ4v) is 6.56. The van der Waals surface area contributed by atoms with E-state index < -0.39 is 0 Å². The Kier molecular flexibility index (Phi) is 4.83. The van der Waals surface area contributed by atoms with Crippen LogP contribution in [0.5, 0.6) is 0 Å². The van der Waals surface area contributed by atoms with Crippen LogP contribution in [0.3, 0.4) is 0 Å². The molecule has 8 rings (SSSR count). The molecule has 0 saturated heterocycles. The Morgan fingerprint density at radius 1 is 0.368 bits per heavy atom. The third kappa shape index (κ3) is 3.49. The van der Waals surface area contributed by atoms with Gasteiger partial charge in [-0.05, 0) is 79.8 Å². The zero-order valence-electron chi connectivity index (χ0n) is 20.0. The summed E-state index contributed by atoms with van der Waals surface area (Å²) in [4.78, 5) is 19.8. The minimum atomic E-state index is 1.09. The number of benzene rings is 4. The van der Waals surface area contributed by atoms with Crippen LogP contribution in [0.15, 0.2) is 109 Å². The van der Waals surface area contributed by atoms with Gasteiger partial charge in [0.15, 0.2) is 0 Å². The Hall–Kier alpha value is -4.52. The summed E-state index contributed by atoms with van der Waals surface area (Å²) in [6.45, 7) is 0. The van der Waals surface area contributed by atoms with Crippen LogP contribution in [0, 0.1) is 0 Å². The largest absolute Gasteiger partial charge is 0.263 e. The molecule has 0 atom stereocenters. The number of nitrogens with zero attached hydrogens (tertiary/aromatic N) is 4. The monoisotopic (exact) mass is 522 g/mol. The van der Waals surface area contributed by atoms with Crippen LogP contribution >= 0.6 is 22.7 Å². The molecule has 4 aromatic carbocycles. The van der Waals surface area contributed by atoms with Crippen molar-refractivity contribution in [3.63, 3.8) is 0 Å². The quantitative estimate of drug-likeness (QED) is 0.217. The first kappa shape index (κ1) is 21.6. The van der Waals surface area contributed by atoms with Crippen molar-refractivity contribution in [2.45, 2.75) is 0 Å². The summed E-state index contributed by atoms with van der Waals surface area (Å²) in [6, 6.07) is 22.5. The Bertz CT molecular complexity index is 1860. The van der Waals surface area contributed by atoms with Gasteiger partial charge in [0.2, 0.25) is 0 Å². The minimum absolute atomic E-state index is 1.09. The maximum Gasteiger partial charge on any atom is 0.0797 e. The standard InChI is InChI=1S/C32H18N4S2/c1-2-20-6-24(26-10-28(14-34-12-26)30-16-36-18-38-30)8-22-4-3-21-7-23(5-19(1)31(21)32(20)22)25-9-27(13-33-11-25)29-15-35-17-37-29/h1-18H. The van der Waals surface area contributed by atoms with E-state index in [-0.39, 0.29) is 0 Å². The third-order valence-electron chi connectivity index (χ3n) is 7.11. The lowest BCUT2D eigenvalue weighted by Gasteiger charge is -2.15. The molecule has 0 aliphatic heterocycles. The molecule has 4 heterocycles. The summed E-state index contributed by atoms with van der Waals surface area (Å²) in [5.41, 5.74) is 10.5. The highest BCUT2D eigenvalue weighted by molar-refractivity contribution is 7.13. The van der Waals surface area contributed by atoms with E-state index in [0.717, 1.165) is 32.0 Å². The zero-order valence-corrected chi connectivity index (χ0v) is 21.6. The minimum Gasteiger partial charge on any atom is -0.263 e. The van der Waals surface area contributed by atoms with E-state index in [1.165, 1.54) is 43.4 Å². The molecule has 38 heavy (non-hydrogen) atoms.